The molecule has 0 saturated carbocycles. The third kappa shape index (κ3) is 8.28. The lowest BCUT2D eigenvalue weighted by molar-refractivity contribution is -0.384. The Hall–Kier alpha value is -4.69. The van der Waals surface area contributed by atoms with E-state index in [4.69, 9.17) is 24.1 Å². The lowest BCUT2D eigenvalue weighted by Crippen LogP contribution is -2.48. The van der Waals surface area contributed by atoms with Gasteiger partial charge in [-0.15, -0.1) is 0 Å². The molecule has 45 heavy (non-hydrogen) atoms. The van der Waals surface area contributed by atoms with Gasteiger partial charge in [0.15, 0.2) is 18.1 Å². The van der Waals surface area contributed by atoms with Crippen molar-refractivity contribution in [3.63, 3.8) is 0 Å². The fourth-order valence-electron chi connectivity index (χ4n) is 5.10. The van der Waals surface area contributed by atoms with Crippen LogP contribution in [0.4, 0.5) is 5.69 Å². The lowest BCUT2D eigenvalue weighted by atomic mass is 10.00. The Kier molecular flexibility index (Phi) is 11.0. The number of hydrogen-bond donors (Lipinski definition) is 1. The number of piperidine rings is 1. The molecule has 1 aliphatic rings. The molecule has 1 unspecified atom stereocenters. The van der Waals surface area contributed by atoms with Crippen LogP contribution in [-0.2, 0) is 30.8 Å². The summed E-state index contributed by atoms with van der Waals surface area (Å²) in [5, 5.41) is 20.1. The van der Waals surface area contributed by atoms with Crippen molar-refractivity contribution in [1.82, 2.24) is 4.31 Å². The first-order valence-electron chi connectivity index (χ1n) is 14.2. The van der Waals surface area contributed by atoms with Crippen molar-refractivity contribution >= 4 is 27.6 Å². The van der Waals surface area contributed by atoms with Gasteiger partial charge in [0.1, 0.15) is 17.9 Å². The summed E-state index contributed by atoms with van der Waals surface area (Å²) in [5.41, 5.74) is 1.15. The molecule has 3 aromatic rings. The number of aryl methyl sites for hydroxylation is 1. The van der Waals surface area contributed by atoms with E-state index in [2.05, 4.69) is 0 Å². The van der Waals surface area contributed by atoms with E-state index in [-0.39, 0.29) is 29.3 Å². The van der Waals surface area contributed by atoms with E-state index in [0.29, 0.717) is 42.7 Å². The second-order valence-electron chi connectivity index (χ2n) is 10.3. The third-order valence-corrected chi connectivity index (χ3v) is 9.30. The van der Waals surface area contributed by atoms with Gasteiger partial charge in [-0.05, 0) is 79.6 Å². The maximum absolute atomic E-state index is 13.7. The largest absolute Gasteiger partial charge is 0.493 e. The van der Waals surface area contributed by atoms with Crippen molar-refractivity contribution in [1.29, 1.82) is 0 Å². The number of nitro groups is 1. The van der Waals surface area contributed by atoms with E-state index >= 15 is 0 Å². The molecule has 2 atom stereocenters. The highest BCUT2D eigenvalue weighted by Crippen LogP contribution is 2.33. The number of nitro benzene ring substituents is 1. The number of carbonyl (C=O) groups is 2. The average Bonchev–Trinajstić information content (AvgIpc) is 3.05. The number of methoxy groups -OCH3 is 2. The molecule has 1 N–H and O–H groups in total. The molecule has 1 fully saturated rings. The molecular formula is C31H34N2O11S. The number of benzene rings is 3. The van der Waals surface area contributed by atoms with Gasteiger partial charge in [-0.1, -0.05) is 18.2 Å². The Balaban J connectivity index is 1.60. The molecule has 0 bridgehead atoms. The molecule has 0 amide bonds. The van der Waals surface area contributed by atoms with Gasteiger partial charge in [-0.2, -0.15) is 4.31 Å². The van der Waals surface area contributed by atoms with Crippen LogP contribution < -0.4 is 14.2 Å². The van der Waals surface area contributed by atoms with E-state index in [1.807, 2.05) is 12.1 Å². The Morgan fingerprint density at radius 2 is 1.76 bits per heavy atom. The first kappa shape index (κ1) is 33.2. The van der Waals surface area contributed by atoms with Crippen molar-refractivity contribution in [3.8, 4) is 17.2 Å². The molecule has 0 aromatic heterocycles. The molecule has 0 aliphatic carbocycles. The first-order valence-corrected chi connectivity index (χ1v) is 15.6. The van der Waals surface area contributed by atoms with Crippen molar-refractivity contribution in [2.75, 3.05) is 27.4 Å². The topological polar surface area (TPSA) is 172 Å². The molecule has 0 radical (unpaired) electrons. The normalized spacial score (nSPS) is 15.9. The number of carboxylic acids is 1. The number of non-ortho nitro benzene ring substituents is 1. The number of carbonyl (C=O) groups excluding carboxylic acids is 1. The number of sulfonamides is 1. The van der Waals surface area contributed by atoms with Crippen LogP contribution in [0.15, 0.2) is 71.6 Å². The van der Waals surface area contributed by atoms with Crippen LogP contribution in [0.1, 0.15) is 42.9 Å². The van der Waals surface area contributed by atoms with Crippen LogP contribution in [0.25, 0.3) is 0 Å². The molecule has 3 aromatic carbocycles. The van der Waals surface area contributed by atoms with Crippen LogP contribution in [-0.4, -0.2) is 68.1 Å². The zero-order chi connectivity index (χ0) is 32.6. The Labute approximate surface area is 260 Å². The summed E-state index contributed by atoms with van der Waals surface area (Å²) in [6, 6.07) is 15.4. The monoisotopic (exact) mass is 642 g/mol. The van der Waals surface area contributed by atoms with Gasteiger partial charge in [-0.3, -0.25) is 14.9 Å². The van der Waals surface area contributed by atoms with Crippen LogP contribution in [0.3, 0.4) is 0 Å². The quantitative estimate of drug-likeness (QED) is 0.149. The SMILES string of the molecule is COc1ccc(CC[C@@H](OC(=O)C2CCCCN2S(=O)(=O)c2ccc([N+](=O)[O-])cc2)c2cccc(OCC(=O)O)c2)cc1OC. The van der Waals surface area contributed by atoms with Crippen LogP contribution in [0, 0.1) is 10.1 Å². The van der Waals surface area contributed by atoms with Gasteiger partial charge in [0.05, 0.1) is 24.0 Å². The number of ether oxygens (including phenoxy) is 4. The summed E-state index contributed by atoms with van der Waals surface area (Å²) < 4.78 is 50.4. The predicted octanol–water partition coefficient (Wildman–Crippen LogP) is 4.54. The second kappa shape index (κ2) is 14.9. The van der Waals surface area contributed by atoms with E-state index in [1.54, 1.807) is 30.3 Å². The summed E-state index contributed by atoms with van der Waals surface area (Å²) in [4.78, 5) is 35.0. The molecule has 14 heteroatoms. The number of carboxylic acid groups (broad SMARTS) is 1. The Bertz CT molecular complexity index is 1630. The third-order valence-electron chi connectivity index (χ3n) is 7.37. The van der Waals surface area contributed by atoms with Gasteiger partial charge < -0.3 is 24.1 Å². The van der Waals surface area contributed by atoms with Gasteiger partial charge >= 0.3 is 11.9 Å². The highest BCUT2D eigenvalue weighted by atomic mass is 32.2. The molecule has 0 spiro atoms. The number of rotatable bonds is 14. The van der Waals surface area contributed by atoms with Crippen molar-refractivity contribution in [3.05, 3.63) is 88.0 Å². The fraction of sp³-hybridized carbons (Fsp3) is 0.355. The van der Waals surface area contributed by atoms with E-state index < -0.39 is 45.6 Å². The van der Waals surface area contributed by atoms with Crippen molar-refractivity contribution in [2.45, 2.75) is 49.1 Å². The van der Waals surface area contributed by atoms with Crippen molar-refractivity contribution in [2.24, 2.45) is 0 Å². The van der Waals surface area contributed by atoms with E-state index in [9.17, 15) is 28.1 Å². The van der Waals surface area contributed by atoms with Crippen LogP contribution >= 0.6 is 0 Å². The predicted molar refractivity (Wildman–Crippen MR) is 161 cm³/mol. The second-order valence-corrected chi connectivity index (χ2v) is 12.2. The summed E-state index contributed by atoms with van der Waals surface area (Å²) in [6.07, 6.45) is 1.25. The van der Waals surface area contributed by atoms with E-state index in [1.165, 1.54) is 14.2 Å². The van der Waals surface area contributed by atoms with Crippen LogP contribution in [0.5, 0.6) is 17.2 Å². The minimum absolute atomic E-state index is 0.0773. The fourth-order valence-corrected chi connectivity index (χ4v) is 6.75. The molecular weight excluding hydrogens is 608 g/mol. The van der Waals surface area contributed by atoms with Gasteiger partial charge in [-0.25, -0.2) is 13.2 Å². The van der Waals surface area contributed by atoms with Crippen molar-refractivity contribution < 1.29 is 47.0 Å². The number of aliphatic carboxylic acids is 1. The molecule has 240 valence electrons. The molecule has 4 rings (SSSR count). The zero-order valence-corrected chi connectivity index (χ0v) is 25.6. The summed E-state index contributed by atoms with van der Waals surface area (Å²) in [5.74, 6) is -0.541. The minimum atomic E-state index is -4.18. The Morgan fingerprint density at radius 3 is 2.42 bits per heavy atom. The highest BCUT2D eigenvalue weighted by Gasteiger charge is 2.39. The average molecular weight is 643 g/mol. The smallest absolute Gasteiger partial charge is 0.341 e. The van der Waals surface area contributed by atoms with Gasteiger partial charge in [0, 0.05) is 18.7 Å². The highest BCUT2D eigenvalue weighted by molar-refractivity contribution is 7.89. The Morgan fingerprint density at radius 1 is 1.02 bits per heavy atom. The maximum atomic E-state index is 13.7. The van der Waals surface area contributed by atoms with E-state index in [0.717, 1.165) is 34.1 Å². The summed E-state index contributed by atoms with van der Waals surface area (Å²) in [6.45, 7) is -0.481. The molecule has 1 aliphatic heterocycles. The summed E-state index contributed by atoms with van der Waals surface area (Å²) >= 11 is 0. The maximum Gasteiger partial charge on any atom is 0.341 e. The zero-order valence-electron chi connectivity index (χ0n) is 24.8. The molecule has 1 heterocycles. The number of hydrogen-bond acceptors (Lipinski definition) is 10. The molecule has 13 nitrogen and oxygen atoms in total. The number of esters is 1. The molecule has 1 saturated heterocycles. The summed E-state index contributed by atoms with van der Waals surface area (Å²) in [7, 11) is -1.13. The van der Waals surface area contributed by atoms with Gasteiger partial charge in [0.2, 0.25) is 10.0 Å². The first-order chi connectivity index (χ1) is 21.5. The number of nitrogens with zero attached hydrogens (tertiary/aromatic N) is 2. The minimum Gasteiger partial charge on any atom is -0.493 e. The van der Waals surface area contributed by atoms with Gasteiger partial charge in [0.25, 0.3) is 5.69 Å². The lowest BCUT2D eigenvalue weighted by Gasteiger charge is -2.34. The standard InChI is InChI=1S/C31H34N2O11S/c1-41-28-16-10-21(18-29(28)42-2)9-15-27(22-6-5-7-24(19-22)43-20-30(34)35)44-31(36)26-8-3-4-17-32(26)45(39,40)25-13-11-23(12-14-25)33(37)38/h5-7,10-14,16,18-19,26-27H,3-4,8-9,15,17,20H2,1-2H3,(H,34,35)/t26?,27-/m1/s1. The van der Waals surface area contributed by atoms with Crippen LogP contribution in [0.2, 0.25) is 0 Å².